The Bertz CT molecular complexity index is 2260. The molecule has 0 radical (unpaired) electrons. The first kappa shape index (κ1) is 43.8. The van der Waals surface area contributed by atoms with Gasteiger partial charge in [0.25, 0.3) is 22.9 Å². The predicted molar refractivity (Wildman–Crippen MR) is 221 cm³/mol. The highest BCUT2D eigenvalue weighted by Crippen LogP contribution is 2.29. The number of amides is 2. The van der Waals surface area contributed by atoms with Crippen molar-refractivity contribution in [1.29, 1.82) is 0 Å². The number of carbonyl (C=O) groups excluding carboxylic acids is 2. The number of nitrogens with zero attached hydrogens (tertiary/aromatic N) is 4. The summed E-state index contributed by atoms with van der Waals surface area (Å²) in [4.78, 5) is 51.1. The maximum absolute atomic E-state index is 13.0. The molecule has 6 rings (SSSR count). The largest absolute Gasteiger partial charge is 1.00 e. The molecule has 0 unspecified atom stereocenters. The lowest BCUT2D eigenvalue weighted by molar-refractivity contribution is -0.0000308. The molecule has 4 aromatic heterocycles. The first-order valence-electron chi connectivity index (χ1n) is 18.1. The Morgan fingerprint density at radius 1 is 0.719 bits per heavy atom. The average molecular weight is 822 g/mol. The zero-order chi connectivity index (χ0) is 40.5. The summed E-state index contributed by atoms with van der Waals surface area (Å²) in [5, 5.41) is 19.8. The fourth-order valence-corrected chi connectivity index (χ4v) is 7.02. The molecule has 0 aliphatic rings. The molecule has 2 aromatic carbocycles. The number of hydrogen-bond donors (Lipinski definition) is 4. The lowest BCUT2D eigenvalue weighted by atomic mass is 10.2. The molecule has 304 valence electrons. The number of nitrogens with one attached hydrogen (secondary N) is 2. The van der Waals surface area contributed by atoms with Crippen molar-refractivity contribution < 1.29 is 28.2 Å². The van der Waals surface area contributed by atoms with Gasteiger partial charge in [-0.15, -0.1) is 22.7 Å². The van der Waals surface area contributed by atoms with Crippen molar-refractivity contribution in [1.82, 2.24) is 30.2 Å². The Kier molecular flexibility index (Phi) is 15.2. The van der Waals surface area contributed by atoms with Gasteiger partial charge in [-0.05, 0) is 82.6 Å². The highest BCUT2D eigenvalue weighted by atomic mass is 32.1. The van der Waals surface area contributed by atoms with Gasteiger partial charge >= 0.3 is 0 Å². The Balaban J connectivity index is 0.000000248. The Morgan fingerprint density at radius 2 is 1.11 bits per heavy atom. The molecule has 0 fully saturated rings. The van der Waals surface area contributed by atoms with Crippen LogP contribution in [0.3, 0.4) is 0 Å². The van der Waals surface area contributed by atoms with E-state index in [1.807, 2.05) is 27.7 Å². The third kappa shape index (κ3) is 10.3. The van der Waals surface area contributed by atoms with Gasteiger partial charge in [0.05, 0.1) is 52.0 Å². The molecule has 4 heterocycles. The van der Waals surface area contributed by atoms with Crippen LogP contribution in [0.15, 0.2) is 68.9 Å². The fourth-order valence-electron chi connectivity index (χ4n) is 5.44. The Morgan fingerprint density at radius 3 is 1.46 bits per heavy atom. The lowest BCUT2D eigenvalue weighted by Gasteiger charge is -2.12. The molecule has 2 amide bonds. The van der Waals surface area contributed by atoms with Crippen LogP contribution in [-0.4, -0.2) is 63.3 Å². The monoisotopic (exact) mass is 821 g/mol. The molecule has 57 heavy (non-hydrogen) atoms. The second-order valence-electron chi connectivity index (χ2n) is 13.2. The maximum Gasteiger partial charge on any atom is 0.282 e. The predicted octanol–water partition coefficient (Wildman–Crippen LogP) is 3.26. The van der Waals surface area contributed by atoms with E-state index < -0.39 is 12.2 Å². The summed E-state index contributed by atoms with van der Waals surface area (Å²) in [5.74, 6) is 0.557. The number of nitrogen functional groups attached to an aromatic ring is 2. The van der Waals surface area contributed by atoms with Gasteiger partial charge in [0.2, 0.25) is 0 Å². The number of hydrogen-bond acceptors (Lipinski definition) is 12. The molecule has 6 N–H and O–H groups in total. The quantitative estimate of drug-likeness (QED) is 0.118. The summed E-state index contributed by atoms with van der Waals surface area (Å²) < 4.78 is 25.6. The SMILES string of the molecule is CC(C)NC(=O)c1nn(-c2ccc(OCCC[18F])cc2)c(=O)c2c(N)scc12.CCCCOc1ccc(-n2nc(C(=O)NC(C)C)c3csc(N)c3c2=O)cc1.[18F-]. The molecule has 18 heteroatoms. The van der Waals surface area contributed by atoms with Gasteiger partial charge in [0, 0.05) is 40.0 Å². The molecule has 14 nitrogen and oxygen atoms in total. The molecule has 0 saturated heterocycles. The zero-order valence-corrected chi connectivity index (χ0v) is 33.8. The number of ether oxygens (including phenoxy) is 2. The van der Waals surface area contributed by atoms with Crippen LogP contribution in [0.25, 0.3) is 32.9 Å². The van der Waals surface area contributed by atoms with Crippen molar-refractivity contribution >= 4 is 66.0 Å². The number of thiophene rings is 2. The van der Waals surface area contributed by atoms with Gasteiger partial charge in [0.1, 0.15) is 11.5 Å². The molecule has 0 aliphatic heterocycles. The number of anilines is 2. The zero-order valence-electron chi connectivity index (χ0n) is 32.1. The number of rotatable bonds is 14. The molecular formula is C39H45F2N8O6S2-. The average Bonchev–Trinajstić information content (AvgIpc) is 3.75. The van der Waals surface area contributed by atoms with Gasteiger partial charge in [-0.3, -0.25) is 23.6 Å². The van der Waals surface area contributed by atoms with Crippen LogP contribution >= 0.6 is 22.7 Å². The summed E-state index contributed by atoms with van der Waals surface area (Å²) in [6.07, 6.45) is 2.34. The van der Waals surface area contributed by atoms with E-state index in [0.717, 1.165) is 23.3 Å². The number of carbonyl (C=O) groups is 2. The van der Waals surface area contributed by atoms with Crippen LogP contribution in [0, 0.1) is 0 Å². The Hall–Kier alpha value is -5.88. The van der Waals surface area contributed by atoms with Crippen molar-refractivity contribution in [3.05, 3.63) is 91.4 Å². The van der Waals surface area contributed by atoms with E-state index in [1.165, 1.54) is 27.4 Å². The summed E-state index contributed by atoms with van der Waals surface area (Å²) >= 11 is 2.42. The van der Waals surface area contributed by atoms with Gasteiger partial charge in [-0.2, -0.15) is 19.6 Å². The van der Waals surface area contributed by atoms with Crippen LogP contribution in [0.4, 0.5) is 14.4 Å². The van der Waals surface area contributed by atoms with Crippen molar-refractivity contribution in [3.63, 3.8) is 0 Å². The first-order chi connectivity index (χ1) is 26.8. The summed E-state index contributed by atoms with van der Waals surface area (Å²) in [6.45, 7) is 9.98. The van der Waals surface area contributed by atoms with E-state index in [0.29, 0.717) is 56.3 Å². The summed E-state index contributed by atoms with van der Waals surface area (Å²) in [6, 6.07) is 13.6. The number of unbranched alkanes of at least 4 members (excludes halogenated alkanes) is 1. The number of alkyl halides is 1. The maximum atomic E-state index is 13.0. The third-order valence-electron chi connectivity index (χ3n) is 8.11. The van der Waals surface area contributed by atoms with Crippen LogP contribution in [0.2, 0.25) is 0 Å². The van der Waals surface area contributed by atoms with E-state index in [1.54, 1.807) is 59.3 Å². The molecule has 0 aliphatic carbocycles. The number of fused-ring (bicyclic) bond motifs is 2. The fraction of sp³-hybridized carbons (Fsp3) is 0.333. The molecule has 0 atom stereocenters. The van der Waals surface area contributed by atoms with Gasteiger partial charge in [-0.25, -0.2) is 0 Å². The molecule has 0 spiro atoms. The smallest absolute Gasteiger partial charge is 0.282 e. The van der Waals surface area contributed by atoms with E-state index in [9.17, 15) is 23.6 Å². The van der Waals surface area contributed by atoms with Crippen LogP contribution in [0.1, 0.15) is 74.9 Å². The second-order valence-corrected chi connectivity index (χ2v) is 15.1. The van der Waals surface area contributed by atoms with Crippen molar-refractivity contribution in [2.75, 3.05) is 31.4 Å². The minimum Gasteiger partial charge on any atom is -1.00 e. The van der Waals surface area contributed by atoms with E-state index in [4.69, 9.17) is 20.9 Å². The summed E-state index contributed by atoms with van der Waals surface area (Å²) in [5.41, 5.74) is 12.6. The van der Waals surface area contributed by atoms with Crippen molar-refractivity contribution in [3.8, 4) is 22.9 Å². The number of aromatic nitrogens is 4. The third-order valence-corrected chi connectivity index (χ3v) is 9.73. The van der Waals surface area contributed by atoms with Crippen LogP contribution in [-0.2, 0) is 0 Å². The standard InChI is InChI=1S/C20H24N4O3S.C19H21FN4O3S.FH/c1-4-5-10-27-14-8-6-13(7-9-14)24-20(26)16-15(11-28-18(16)21)17(23-24)19(25)22-12(2)3;1-11(2)22-18(25)16-14-10-28-17(21)15(14)19(26)24(23-16)12-4-6-13(7-5-12)27-9-3-8-20;/h6-9,11-12H,4-5,10,21H2,1-3H3,(H,22,25);4-7,10-11H,3,8-9,21H2,1-2H3,(H,22,25);1H/p-1/i;20-1;1-1. The molecule has 6 aromatic rings. The number of benzene rings is 2. The van der Waals surface area contributed by atoms with Crippen LogP contribution < -0.4 is 47.4 Å². The topological polar surface area (TPSA) is 198 Å². The molecule has 0 saturated carbocycles. The van der Waals surface area contributed by atoms with E-state index in [-0.39, 0.29) is 57.5 Å². The summed E-state index contributed by atoms with van der Waals surface area (Å²) in [7, 11) is 0. The highest BCUT2D eigenvalue weighted by Gasteiger charge is 2.22. The number of halogens is 2. The second kappa shape index (κ2) is 19.8. The Labute approximate surface area is 335 Å². The highest BCUT2D eigenvalue weighted by molar-refractivity contribution is 7.16. The van der Waals surface area contributed by atoms with E-state index >= 15 is 0 Å². The normalized spacial score (nSPS) is 10.9. The van der Waals surface area contributed by atoms with Crippen molar-refractivity contribution in [2.45, 2.75) is 66.0 Å². The lowest BCUT2D eigenvalue weighted by Crippen LogP contribution is -3.00. The molecule has 0 bridgehead atoms. The minimum absolute atomic E-state index is 0. The minimum atomic E-state index is -0.444. The van der Waals surface area contributed by atoms with Gasteiger partial charge < -0.3 is 36.3 Å². The van der Waals surface area contributed by atoms with Gasteiger partial charge in [-0.1, -0.05) is 13.3 Å². The van der Waals surface area contributed by atoms with Gasteiger partial charge in [0.15, 0.2) is 11.4 Å². The van der Waals surface area contributed by atoms with Crippen LogP contribution in [0.5, 0.6) is 11.5 Å². The first-order valence-corrected chi connectivity index (χ1v) is 19.8. The van der Waals surface area contributed by atoms with E-state index in [2.05, 4.69) is 27.8 Å². The van der Waals surface area contributed by atoms with Crippen molar-refractivity contribution in [2.24, 2.45) is 0 Å². The number of nitrogens with two attached hydrogens (primary N) is 2. The molecular weight excluding hydrogens is 777 g/mol.